The predicted octanol–water partition coefficient (Wildman–Crippen LogP) is 4.52. The summed E-state index contributed by atoms with van der Waals surface area (Å²) >= 11 is 1.27. The lowest BCUT2D eigenvalue weighted by molar-refractivity contribution is -0.131. The van der Waals surface area contributed by atoms with Gasteiger partial charge >= 0.3 is 5.97 Å². The lowest BCUT2D eigenvalue weighted by atomic mass is 10.0. The Bertz CT molecular complexity index is 1310. The molecule has 2 heterocycles. The van der Waals surface area contributed by atoms with E-state index in [0.717, 1.165) is 22.5 Å². The highest BCUT2D eigenvalue weighted by atomic mass is 32.2. The Morgan fingerprint density at radius 1 is 0.970 bits per heavy atom. The van der Waals surface area contributed by atoms with Crippen LogP contribution in [-0.2, 0) is 16.0 Å². The molecule has 1 amide bonds. The second-order valence-electron chi connectivity index (χ2n) is 7.47. The lowest BCUT2D eigenvalue weighted by Gasteiger charge is -2.17. The molecule has 0 spiro atoms. The molecule has 0 radical (unpaired) electrons. The number of amides is 1. The van der Waals surface area contributed by atoms with E-state index in [2.05, 4.69) is 15.5 Å². The molecule has 0 saturated heterocycles. The van der Waals surface area contributed by atoms with Crippen LogP contribution in [0.25, 0.3) is 17.1 Å². The van der Waals surface area contributed by atoms with Crippen molar-refractivity contribution in [2.45, 2.75) is 18.0 Å². The molecule has 5 rings (SSSR count). The van der Waals surface area contributed by atoms with Gasteiger partial charge in [0.1, 0.15) is 5.75 Å². The third kappa shape index (κ3) is 4.65. The molecule has 1 N–H and O–H groups in total. The van der Waals surface area contributed by atoms with Gasteiger partial charge < -0.3 is 10.1 Å². The number of esters is 1. The van der Waals surface area contributed by atoms with Crippen molar-refractivity contribution in [3.8, 4) is 22.8 Å². The average molecular weight is 457 g/mol. The van der Waals surface area contributed by atoms with Gasteiger partial charge in [-0.15, -0.1) is 10.2 Å². The van der Waals surface area contributed by atoms with Crippen LogP contribution in [0, 0.1) is 0 Å². The first kappa shape index (κ1) is 21.0. The monoisotopic (exact) mass is 456 g/mol. The first-order valence-corrected chi connectivity index (χ1v) is 11.5. The zero-order valence-corrected chi connectivity index (χ0v) is 18.4. The van der Waals surface area contributed by atoms with Crippen LogP contribution in [0.3, 0.4) is 0 Å². The summed E-state index contributed by atoms with van der Waals surface area (Å²) in [5.41, 5.74) is 3.58. The number of hydrogen-bond donors (Lipinski definition) is 1. The number of carbonyl (C=O) groups excluding carboxylic acids is 2. The molecule has 8 heteroatoms. The van der Waals surface area contributed by atoms with Crippen molar-refractivity contribution in [2.24, 2.45) is 0 Å². The largest absolute Gasteiger partial charge is 0.426 e. The zero-order valence-electron chi connectivity index (χ0n) is 17.6. The SMILES string of the molecule is O=C1CCc2cc(OC(=O)CSc3nnc(-c4ccccc4)n3-c3ccccc3)ccc2N1. The molecule has 0 saturated carbocycles. The van der Waals surface area contributed by atoms with Crippen LogP contribution < -0.4 is 10.1 Å². The number of fused-ring (bicyclic) bond motifs is 1. The molecule has 164 valence electrons. The summed E-state index contributed by atoms with van der Waals surface area (Å²) < 4.78 is 7.48. The number of aromatic nitrogens is 3. The van der Waals surface area contributed by atoms with E-state index in [9.17, 15) is 9.59 Å². The number of nitrogens with zero attached hydrogens (tertiary/aromatic N) is 3. The molecule has 1 aliphatic rings. The van der Waals surface area contributed by atoms with Crippen molar-refractivity contribution in [3.63, 3.8) is 0 Å². The number of benzene rings is 3. The fourth-order valence-corrected chi connectivity index (χ4v) is 4.38. The first-order chi connectivity index (χ1) is 16.2. The molecule has 0 fully saturated rings. The minimum absolute atomic E-state index is 0.000967. The van der Waals surface area contributed by atoms with E-state index in [1.54, 1.807) is 18.2 Å². The molecule has 33 heavy (non-hydrogen) atoms. The predicted molar refractivity (Wildman–Crippen MR) is 127 cm³/mol. The number of carbonyl (C=O) groups is 2. The van der Waals surface area contributed by atoms with E-state index in [1.165, 1.54) is 11.8 Å². The van der Waals surface area contributed by atoms with E-state index in [4.69, 9.17) is 4.74 Å². The third-order valence-electron chi connectivity index (χ3n) is 5.20. The number of rotatable bonds is 6. The molecule has 0 aliphatic carbocycles. The molecule has 1 aliphatic heterocycles. The smallest absolute Gasteiger partial charge is 0.321 e. The molecule has 1 aromatic heterocycles. The molecule has 7 nitrogen and oxygen atoms in total. The van der Waals surface area contributed by atoms with Crippen LogP contribution in [-0.4, -0.2) is 32.4 Å². The minimum atomic E-state index is -0.385. The fraction of sp³-hybridized carbons (Fsp3) is 0.120. The van der Waals surface area contributed by atoms with Crippen molar-refractivity contribution in [1.82, 2.24) is 14.8 Å². The van der Waals surface area contributed by atoms with Crippen LogP contribution in [0.2, 0.25) is 0 Å². The molecule has 4 aromatic rings. The quantitative estimate of drug-likeness (QED) is 0.261. The molecule has 0 unspecified atom stereocenters. The van der Waals surface area contributed by atoms with Crippen molar-refractivity contribution in [1.29, 1.82) is 0 Å². The second-order valence-corrected chi connectivity index (χ2v) is 8.42. The van der Waals surface area contributed by atoms with Gasteiger partial charge in [-0.1, -0.05) is 60.3 Å². The van der Waals surface area contributed by atoms with Crippen LogP contribution in [0.15, 0.2) is 84.0 Å². The second kappa shape index (κ2) is 9.30. The van der Waals surface area contributed by atoms with Crippen LogP contribution >= 0.6 is 11.8 Å². The van der Waals surface area contributed by atoms with Crippen LogP contribution in [0.4, 0.5) is 5.69 Å². The Balaban J connectivity index is 1.33. The average Bonchev–Trinajstić information content (AvgIpc) is 3.28. The van der Waals surface area contributed by atoms with Crippen molar-refractivity contribution < 1.29 is 14.3 Å². The third-order valence-corrected chi connectivity index (χ3v) is 6.11. The Kier molecular flexibility index (Phi) is 5.91. The highest BCUT2D eigenvalue weighted by Crippen LogP contribution is 2.29. The van der Waals surface area contributed by atoms with Gasteiger partial charge in [0.05, 0.1) is 5.75 Å². The van der Waals surface area contributed by atoms with Gasteiger partial charge in [-0.3, -0.25) is 14.2 Å². The van der Waals surface area contributed by atoms with Gasteiger partial charge in [0, 0.05) is 23.4 Å². The van der Waals surface area contributed by atoms with Crippen LogP contribution in [0.1, 0.15) is 12.0 Å². The van der Waals surface area contributed by atoms with E-state index >= 15 is 0 Å². The Morgan fingerprint density at radius 3 is 2.52 bits per heavy atom. The Labute approximate surface area is 194 Å². The van der Waals surface area contributed by atoms with Crippen molar-refractivity contribution >= 4 is 29.3 Å². The molecule has 0 bridgehead atoms. The Hall–Kier alpha value is -3.91. The first-order valence-electron chi connectivity index (χ1n) is 10.5. The van der Waals surface area contributed by atoms with Gasteiger partial charge in [-0.05, 0) is 42.3 Å². The van der Waals surface area contributed by atoms with Crippen molar-refractivity contribution in [3.05, 3.63) is 84.4 Å². The minimum Gasteiger partial charge on any atom is -0.426 e. The van der Waals surface area contributed by atoms with Gasteiger partial charge in [0.2, 0.25) is 5.91 Å². The van der Waals surface area contributed by atoms with Gasteiger partial charge in [-0.2, -0.15) is 0 Å². The summed E-state index contributed by atoms with van der Waals surface area (Å²) in [5.74, 6) is 0.859. The number of anilines is 1. The summed E-state index contributed by atoms with van der Waals surface area (Å²) in [6.07, 6.45) is 1.06. The maximum Gasteiger partial charge on any atom is 0.321 e. The van der Waals surface area contributed by atoms with E-state index in [1.807, 2.05) is 65.2 Å². The highest BCUT2D eigenvalue weighted by molar-refractivity contribution is 7.99. The maximum absolute atomic E-state index is 12.6. The number of ether oxygens (including phenoxy) is 1. The van der Waals surface area contributed by atoms with Gasteiger partial charge in [0.25, 0.3) is 0 Å². The van der Waals surface area contributed by atoms with Gasteiger partial charge in [0.15, 0.2) is 11.0 Å². The van der Waals surface area contributed by atoms with Gasteiger partial charge in [-0.25, -0.2) is 0 Å². The summed E-state index contributed by atoms with van der Waals surface area (Å²) in [7, 11) is 0. The number of aryl methyl sites for hydroxylation is 1. The highest BCUT2D eigenvalue weighted by Gasteiger charge is 2.19. The lowest BCUT2D eigenvalue weighted by Crippen LogP contribution is -2.19. The molecule has 3 aromatic carbocycles. The number of hydrogen-bond acceptors (Lipinski definition) is 6. The summed E-state index contributed by atoms with van der Waals surface area (Å²) in [4.78, 5) is 24.1. The summed E-state index contributed by atoms with van der Waals surface area (Å²) in [6.45, 7) is 0. The zero-order chi connectivity index (χ0) is 22.6. The molecular formula is C25H20N4O3S. The van der Waals surface area contributed by atoms with Crippen LogP contribution in [0.5, 0.6) is 5.75 Å². The fourth-order valence-electron chi connectivity index (χ4n) is 3.66. The normalized spacial score (nSPS) is 12.7. The molecular weight excluding hydrogens is 436 g/mol. The number of thioether (sulfide) groups is 1. The van der Waals surface area contributed by atoms with Crippen molar-refractivity contribution in [2.75, 3.05) is 11.1 Å². The standard InChI is InChI=1S/C25H20N4O3S/c30-22-14-11-18-15-20(12-13-21(18)26-22)32-23(31)16-33-25-28-27-24(17-7-3-1-4-8-17)29(25)19-9-5-2-6-10-19/h1-10,12-13,15H,11,14,16H2,(H,26,30). The maximum atomic E-state index is 12.6. The Morgan fingerprint density at radius 2 is 1.73 bits per heavy atom. The summed E-state index contributed by atoms with van der Waals surface area (Å²) in [5, 5.41) is 12.2. The molecule has 0 atom stereocenters. The number of nitrogens with one attached hydrogen (secondary N) is 1. The van der Waals surface area contributed by atoms with E-state index < -0.39 is 0 Å². The summed E-state index contributed by atoms with van der Waals surface area (Å²) in [6, 6.07) is 24.9. The topological polar surface area (TPSA) is 86.1 Å². The number of para-hydroxylation sites is 1. The van der Waals surface area contributed by atoms with E-state index in [-0.39, 0.29) is 17.6 Å². The van der Waals surface area contributed by atoms with E-state index in [0.29, 0.717) is 29.6 Å².